The number of carbonyl (C=O) groups excluding carboxylic acids is 3. The maximum Gasteiger partial charge on any atom is 0.279 e. The van der Waals surface area contributed by atoms with E-state index in [1.807, 2.05) is 0 Å². The summed E-state index contributed by atoms with van der Waals surface area (Å²) in [6.45, 7) is 1.47. The highest BCUT2D eigenvalue weighted by atomic mass is 19.1. The van der Waals surface area contributed by atoms with Crippen LogP contribution in [0.3, 0.4) is 0 Å². The van der Waals surface area contributed by atoms with E-state index in [0.29, 0.717) is 11.4 Å². The second kappa shape index (κ2) is 10.2. The molecule has 0 heterocycles. The van der Waals surface area contributed by atoms with Crippen LogP contribution in [0.25, 0.3) is 0 Å². The average molecular weight is 439 g/mol. The molecule has 0 saturated carbocycles. The van der Waals surface area contributed by atoms with Crippen LogP contribution < -0.4 is 20.9 Å². The summed E-state index contributed by atoms with van der Waals surface area (Å²) in [5.74, 6) is -2.31. The molecule has 0 aliphatic heterocycles. The topological polar surface area (TPSA) is 96.5 Å². The lowest BCUT2D eigenvalue weighted by molar-refractivity contribution is -0.128. The highest BCUT2D eigenvalue weighted by Crippen LogP contribution is 2.14. The first-order valence-electron chi connectivity index (χ1n) is 9.51. The number of amides is 3. The van der Waals surface area contributed by atoms with Crippen LogP contribution in [0.2, 0.25) is 0 Å². The van der Waals surface area contributed by atoms with Gasteiger partial charge in [-0.05, 0) is 73.7 Å². The van der Waals surface area contributed by atoms with E-state index in [1.54, 1.807) is 12.1 Å². The zero-order valence-electron chi connectivity index (χ0n) is 16.9. The minimum atomic E-state index is -0.956. The van der Waals surface area contributed by atoms with Crippen molar-refractivity contribution in [3.63, 3.8) is 0 Å². The third-order valence-corrected chi connectivity index (χ3v) is 4.28. The second-order valence-corrected chi connectivity index (χ2v) is 6.70. The molecule has 3 aromatic rings. The van der Waals surface area contributed by atoms with Gasteiger partial charge in [0.25, 0.3) is 17.7 Å². The maximum atomic E-state index is 13.0. The van der Waals surface area contributed by atoms with E-state index in [9.17, 15) is 23.2 Å². The van der Waals surface area contributed by atoms with Gasteiger partial charge in [-0.3, -0.25) is 25.2 Å². The molecule has 32 heavy (non-hydrogen) atoms. The van der Waals surface area contributed by atoms with E-state index in [-0.39, 0.29) is 11.1 Å². The van der Waals surface area contributed by atoms with Crippen LogP contribution in [0, 0.1) is 11.6 Å². The lowest BCUT2D eigenvalue weighted by Gasteiger charge is -2.15. The summed E-state index contributed by atoms with van der Waals surface area (Å²) >= 11 is 0. The molecular formula is C23H19F2N3O4. The SMILES string of the molecule is CC(Oc1ccc(F)cc1)C(=O)NNC(=O)c1cccc(NC(=O)c2ccc(F)cc2)c1. The summed E-state index contributed by atoms with van der Waals surface area (Å²) in [4.78, 5) is 36.7. The third kappa shape index (κ3) is 6.11. The molecule has 3 N–H and O–H groups in total. The van der Waals surface area contributed by atoms with Crippen LogP contribution in [-0.4, -0.2) is 23.8 Å². The molecule has 3 aromatic carbocycles. The highest BCUT2D eigenvalue weighted by Gasteiger charge is 2.16. The fourth-order valence-corrected chi connectivity index (χ4v) is 2.61. The van der Waals surface area contributed by atoms with Crippen molar-refractivity contribution in [2.45, 2.75) is 13.0 Å². The lowest BCUT2D eigenvalue weighted by Crippen LogP contribution is -2.47. The van der Waals surface area contributed by atoms with E-state index in [4.69, 9.17) is 4.74 Å². The van der Waals surface area contributed by atoms with Gasteiger partial charge in [0.2, 0.25) is 0 Å². The second-order valence-electron chi connectivity index (χ2n) is 6.70. The molecule has 1 unspecified atom stereocenters. The molecule has 0 spiro atoms. The van der Waals surface area contributed by atoms with E-state index in [2.05, 4.69) is 16.2 Å². The van der Waals surface area contributed by atoms with Crippen LogP contribution in [0.1, 0.15) is 27.6 Å². The van der Waals surface area contributed by atoms with Crippen molar-refractivity contribution in [3.8, 4) is 5.75 Å². The summed E-state index contributed by atoms with van der Waals surface area (Å²) in [5, 5.41) is 2.61. The van der Waals surface area contributed by atoms with Crippen molar-refractivity contribution in [1.82, 2.24) is 10.9 Å². The summed E-state index contributed by atoms with van der Waals surface area (Å²) in [7, 11) is 0. The Bertz CT molecular complexity index is 1120. The first-order chi connectivity index (χ1) is 15.3. The Balaban J connectivity index is 1.54. The Morgan fingerprint density at radius 1 is 0.781 bits per heavy atom. The Labute approximate surface area is 182 Å². The molecule has 164 valence electrons. The number of hydrogen-bond donors (Lipinski definition) is 3. The molecule has 7 nitrogen and oxygen atoms in total. The third-order valence-electron chi connectivity index (χ3n) is 4.28. The van der Waals surface area contributed by atoms with Crippen LogP contribution in [0.15, 0.2) is 72.8 Å². The molecule has 0 aliphatic rings. The molecule has 0 aliphatic carbocycles. The summed E-state index contributed by atoms with van der Waals surface area (Å²) in [5.41, 5.74) is 5.27. The maximum absolute atomic E-state index is 13.0. The Morgan fingerprint density at radius 2 is 1.41 bits per heavy atom. The predicted molar refractivity (Wildman–Crippen MR) is 113 cm³/mol. The number of anilines is 1. The molecule has 9 heteroatoms. The van der Waals surface area contributed by atoms with Gasteiger partial charge in [-0.1, -0.05) is 6.07 Å². The molecule has 3 rings (SSSR count). The Kier molecular flexibility index (Phi) is 7.12. The van der Waals surface area contributed by atoms with Crippen molar-refractivity contribution >= 4 is 23.4 Å². The first kappa shape index (κ1) is 22.4. The van der Waals surface area contributed by atoms with Gasteiger partial charge in [0.05, 0.1) is 0 Å². The molecule has 0 saturated heterocycles. The minimum Gasteiger partial charge on any atom is -0.481 e. The van der Waals surface area contributed by atoms with Gasteiger partial charge in [0, 0.05) is 16.8 Å². The number of carbonyl (C=O) groups is 3. The number of halogens is 2. The largest absolute Gasteiger partial charge is 0.481 e. The lowest BCUT2D eigenvalue weighted by atomic mass is 10.1. The van der Waals surface area contributed by atoms with E-state index >= 15 is 0 Å². The minimum absolute atomic E-state index is 0.175. The van der Waals surface area contributed by atoms with E-state index < -0.39 is 35.5 Å². The van der Waals surface area contributed by atoms with Crippen molar-refractivity contribution in [3.05, 3.63) is 95.6 Å². The van der Waals surface area contributed by atoms with Crippen LogP contribution in [0.4, 0.5) is 14.5 Å². The van der Waals surface area contributed by atoms with Gasteiger partial charge in [0.15, 0.2) is 6.10 Å². The Hall–Kier alpha value is -4.27. The van der Waals surface area contributed by atoms with E-state index in [0.717, 1.165) is 0 Å². The van der Waals surface area contributed by atoms with Crippen molar-refractivity contribution in [2.75, 3.05) is 5.32 Å². The van der Waals surface area contributed by atoms with Gasteiger partial charge in [-0.2, -0.15) is 0 Å². The molecule has 0 radical (unpaired) electrons. The number of benzene rings is 3. The molecule has 1 atom stereocenters. The van der Waals surface area contributed by atoms with Gasteiger partial charge in [0.1, 0.15) is 17.4 Å². The number of rotatable bonds is 6. The highest BCUT2D eigenvalue weighted by molar-refractivity contribution is 6.05. The van der Waals surface area contributed by atoms with E-state index in [1.165, 1.54) is 67.6 Å². The normalized spacial score (nSPS) is 11.2. The smallest absolute Gasteiger partial charge is 0.279 e. The van der Waals surface area contributed by atoms with Crippen molar-refractivity contribution < 1.29 is 27.9 Å². The quantitative estimate of drug-likeness (QED) is 0.513. The standard InChI is InChI=1S/C23H19F2N3O4/c1-14(32-20-11-9-18(25)10-12-20)21(29)27-28-23(31)16-3-2-4-19(13-16)26-22(30)15-5-7-17(24)8-6-15/h2-14H,1H3,(H,26,30)(H,27,29)(H,28,31). The van der Waals surface area contributed by atoms with Crippen molar-refractivity contribution in [1.29, 1.82) is 0 Å². The number of ether oxygens (including phenoxy) is 1. The molecular weight excluding hydrogens is 420 g/mol. The zero-order chi connectivity index (χ0) is 23.1. The molecule has 0 bridgehead atoms. The summed E-state index contributed by atoms with van der Waals surface area (Å²) in [6.07, 6.45) is -0.956. The summed E-state index contributed by atoms with van der Waals surface area (Å²) in [6, 6.07) is 16.2. The average Bonchev–Trinajstić information content (AvgIpc) is 2.79. The van der Waals surface area contributed by atoms with Crippen LogP contribution in [0.5, 0.6) is 5.75 Å². The predicted octanol–water partition coefficient (Wildman–Crippen LogP) is 3.45. The van der Waals surface area contributed by atoms with Crippen molar-refractivity contribution in [2.24, 2.45) is 0 Å². The van der Waals surface area contributed by atoms with Gasteiger partial charge < -0.3 is 10.1 Å². The fourth-order valence-electron chi connectivity index (χ4n) is 2.61. The van der Waals surface area contributed by atoms with Gasteiger partial charge in [-0.15, -0.1) is 0 Å². The monoisotopic (exact) mass is 439 g/mol. The van der Waals surface area contributed by atoms with Crippen LogP contribution >= 0.6 is 0 Å². The number of hydrazine groups is 1. The number of nitrogens with one attached hydrogen (secondary N) is 3. The summed E-state index contributed by atoms with van der Waals surface area (Å²) < 4.78 is 31.3. The first-order valence-corrected chi connectivity index (χ1v) is 9.51. The molecule has 0 fully saturated rings. The Morgan fingerprint density at radius 3 is 2.06 bits per heavy atom. The molecule has 0 aromatic heterocycles. The van der Waals surface area contributed by atoms with Crippen LogP contribution in [-0.2, 0) is 4.79 Å². The number of hydrogen-bond acceptors (Lipinski definition) is 4. The van der Waals surface area contributed by atoms with Gasteiger partial charge >= 0.3 is 0 Å². The molecule has 3 amide bonds. The van der Waals surface area contributed by atoms with Gasteiger partial charge in [-0.25, -0.2) is 8.78 Å². The zero-order valence-corrected chi connectivity index (χ0v) is 16.9. The fraction of sp³-hybridized carbons (Fsp3) is 0.0870.